The number of likely N-dealkylation sites (tertiary alicyclic amines) is 2. The molecule has 5 N–H and O–H groups in total. The first-order valence-corrected chi connectivity index (χ1v) is 15.2. The molecule has 0 aromatic heterocycles. The Kier molecular flexibility index (Phi) is 10.3. The SMILES string of the molecule is CNC(=O)C1(NC(C)=O)CC(Cl)=C(OC(C)(C)C(=O)O)C=C1N1C[C@@H](O)[C@H](NC2CCN(Cc3ccc(Cl)cc3)CC2)C1. The number of aliphatic hydroxyl groups excluding tert-OH is 1. The number of aliphatic hydroxyl groups is 1. The van der Waals surface area contributed by atoms with Crippen LogP contribution in [-0.4, -0.2) is 100 Å². The van der Waals surface area contributed by atoms with Gasteiger partial charge in [-0.1, -0.05) is 35.3 Å². The number of hydrogen-bond donors (Lipinski definition) is 5. The molecule has 0 bridgehead atoms. The minimum Gasteiger partial charge on any atom is -0.478 e. The van der Waals surface area contributed by atoms with Gasteiger partial charge in [-0.25, -0.2) is 4.79 Å². The first-order chi connectivity index (χ1) is 20.2. The Morgan fingerprint density at radius 2 is 1.77 bits per heavy atom. The van der Waals surface area contributed by atoms with Crippen LogP contribution in [0, 0.1) is 0 Å². The van der Waals surface area contributed by atoms with Gasteiger partial charge in [-0.3, -0.25) is 14.5 Å². The maximum absolute atomic E-state index is 13.4. The number of β-amino-alcohol motifs (C(OH)–C–C–N with tert-alkyl or cyclic N) is 1. The smallest absolute Gasteiger partial charge is 0.347 e. The zero-order valence-electron chi connectivity index (χ0n) is 25.0. The van der Waals surface area contributed by atoms with Crippen molar-refractivity contribution >= 4 is 41.0 Å². The van der Waals surface area contributed by atoms with E-state index in [1.807, 2.05) is 29.2 Å². The first-order valence-electron chi connectivity index (χ1n) is 14.4. The van der Waals surface area contributed by atoms with Gasteiger partial charge < -0.3 is 35.8 Å². The average Bonchev–Trinajstić information content (AvgIpc) is 3.30. The van der Waals surface area contributed by atoms with E-state index in [9.17, 15) is 24.6 Å². The summed E-state index contributed by atoms with van der Waals surface area (Å²) in [5.74, 6) is -2.05. The highest BCUT2D eigenvalue weighted by Gasteiger charge is 2.51. The fourth-order valence-corrected chi connectivity index (χ4v) is 6.35. The van der Waals surface area contributed by atoms with E-state index in [0.29, 0.717) is 12.2 Å². The van der Waals surface area contributed by atoms with Gasteiger partial charge in [-0.15, -0.1) is 0 Å². The number of carbonyl (C=O) groups is 3. The Bertz CT molecular complexity index is 1280. The Hall–Kier alpha value is -2.83. The van der Waals surface area contributed by atoms with Crippen LogP contribution in [-0.2, 0) is 25.7 Å². The minimum atomic E-state index is -1.60. The topological polar surface area (TPSA) is 143 Å². The third-order valence-corrected chi connectivity index (χ3v) is 8.84. The third kappa shape index (κ3) is 7.64. The molecule has 1 aromatic carbocycles. The Balaban J connectivity index is 1.50. The number of benzene rings is 1. The number of hydrogen-bond acceptors (Lipinski definition) is 8. The molecule has 2 saturated heterocycles. The van der Waals surface area contributed by atoms with Gasteiger partial charge in [0.1, 0.15) is 5.76 Å². The molecule has 0 spiro atoms. The summed E-state index contributed by atoms with van der Waals surface area (Å²) in [6, 6.07) is 7.78. The van der Waals surface area contributed by atoms with Crippen LogP contribution in [0.15, 0.2) is 46.8 Å². The Labute approximate surface area is 262 Å². The fourth-order valence-electron chi connectivity index (χ4n) is 5.93. The number of piperidine rings is 1. The highest BCUT2D eigenvalue weighted by molar-refractivity contribution is 6.31. The number of likely N-dealkylation sites (N-methyl/N-ethyl adjacent to an activating group) is 1. The summed E-state index contributed by atoms with van der Waals surface area (Å²) in [6.45, 7) is 7.30. The quantitative estimate of drug-likeness (QED) is 0.261. The van der Waals surface area contributed by atoms with Crippen LogP contribution in [0.4, 0.5) is 0 Å². The number of nitrogens with one attached hydrogen (secondary N) is 3. The van der Waals surface area contributed by atoms with E-state index in [1.165, 1.54) is 39.5 Å². The molecule has 2 aliphatic heterocycles. The van der Waals surface area contributed by atoms with Gasteiger partial charge in [0.05, 0.1) is 22.9 Å². The van der Waals surface area contributed by atoms with E-state index in [4.69, 9.17) is 27.9 Å². The molecule has 4 rings (SSSR count). The number of halogens is 2. The predicted molar refractivity (Wildman–Crippen MR) is 163 cm³/mol. The summed E-state index contributed by atoms with van der Waals surface area (Å²) in [4.78, 5) is 41.8. The van der Waals surface area contributed by atoms with Crippen LogP contribution in [0.3, 0.4) is 0 Å². The molecule has 3 atom stereocenters. The van der Waals surface area contributed by atoms with Crippen LogP contribution in [0.1, 0.15) is 45.6 Å². The number of allylic oxidation sites excluding steroid dienone is 1. The first kappa shape index (κ1) is 33.1. The molecule has 0 radical (unpaired) electrons. The normalized spacial score (nSPS) is 25.4. The Morgan fingerprint density at radius 3 is 2.35 bits per heavy atom. The highest BCUT2D eigenvalue weighted by atomic mass is 35.5. The molecule has 13 heteroatoms. The van der Waals surface area contributed by atoms with Crippen LogP contribution >= 0.6 is 23.2 Å². The number of carboxylic acids is 1. The van der Waals surface area contributed by atoms with Crippen molar-refractivity contribution in [2.24, 2.45) is 0 Å². The molecule has 236 valence electrons. The lowest BCUT2D eigenvalue weighted by Crippen LogP contribution is -2.62. The number of ether oxygens (including phenoxy) is 1. The summed E-state index contributed by atoms with van der Waals surface area (Å²) in [7, 11) is 1.46. The number of carboxylic acid groups (broad SMARTS) is 1. The van der Waals surface area contributed by atoms with Gasteiger partial charge in [-0.05, 0) is 57.5 Å². The van der Waals surface area contributed by atoms with Gasteiger partial charge >= 0.3 is 5.97 Å². The van der Waals surface area contributed by atoms with E-state index >= 15 is 0 Å². The molecule has 43 heavy (non-hydrogen) atoms. The predicted octanol–water partition coefficient (Wildman–Crippen LogP) is 2.18. The van der Waals surface area contributed by atoms with Crippen molar-refractivity contribution in [3.63, 3.8) is 0 Å². The standard InChI is InChI=1S/C30H41Cl2N5O6/c1-18(38)35-30(27(40)33-4)14-22(32)25(43-29(2,3)28(41)42)13-26(30)37-16-23(24(39)17-37)34-21-9-11-36(12-10-21)15-19-5-7-20(31)8-6-19/h5-8,13,21,23-24,34,39H,9-12,14-17H2,1-4H3,(H,33,40)(H,35,38)(H,41,42)/t23-,24-,30?/m1/s1. The van der Waals surface area contributed by atoms with Crippen LogP contribution in [0.2, 0.25) is 5.02 Å². The molecule has 11 nitrogen and oxygen atoms in total. The van der Waals surface area contributed by atoms with Crippen LogP contribution < -0.4 is 16.0 Å². The van der Waals surface area contributed by atoms with Gasteiger partial charge in [0.2, 0.25) is 5.91 Å². The second-order valence-electron chi connectivity index (χ2n) is 12.0. The molecule has 1 aromatic rings. The van der Waals surface area contributed by atoms with E-state index in [1.54, 1.807) is 0 Å². The van der Waals surface area contributed by atoms with Crippen molar-refractivity contribution in [2.45, 2.75) is 75.9 Å². The lowest BCUT2D eigenvalue weighted by atomic mass is 9.84. The molecular formula is C30H41Cl2N5O6. The monoisotopic (exact) mass is 637 g/mol. The van der Waals surface area contributed by atoms with Gasteiger partial charge in [-0.2, -0.15) is 0 Å². The number of carbonyl (C=O) groups excluding carboxylic acids is 2. The number of aliphatic carboxylic acids is 1. The lowest BCUT2D eigenvalue weighted by Gasteiger charge is -2.42. The lowest BCUT2D eigenvalue weighted by molar-refractivity contribution is -0.156. The second-order valence-corrected chi connectivity index (χ2v) is 12.9. The molecule has 2 amide bonds. The Morgan fingerprint density at radius 1 is 1.12 bits per heavy atom. The van der Waals surface area contributed by atoms with Crippen molar-refractivity contribution in [3.05, 3.63) is 57.4 Å². The zero-order chi connectivity index (χ0) is 31.5. The van der Waals surface area contributed by atoms with E-state index < -0.39 is 35.0 Å². The van der Waals surface area contributed by atoms with Crippen LogP contribution in [0.25, 0.3) is 0 Å². The molecule has 3 aliphatic rings. The van der Waals surface area contributed by atoms with Gasteiger partial charge in [0.25, 0.3) is 5.91 Å². The molecule has 2 heterocycles. The minimum absolute atomic E-state index is 0.0907. The largest absolute Gasteiger partial charge is 0.478 e. The second kappa shape index (κ2) is 13.4. The summed E-state index contributed by atoms with van der Waals surface area (Å²) in [6.07, 6.45) is 2.42. The molecule has 1 aliphatic carbocycles. The third-order valence-electron chi connectivity index (χ3n) is 8.26. The van der Waals surface area contributed by atoms with Crippen molar-refractivity contribution in [1.82, 2.24) is 25.8 Å². The number of rotatable bonds is 10. The van der Waals surface area contributed by atoms with E-state index in [-0.39, 0.29) is 35.8 Å². The number of amides is 2. The maximum atomic E-state index is 13.4. The molecule has 1 unspecified atom stereocenters. The maximum Gasteiger partial charge on any atom is 0.347 e. The van der Waals surface area contributed by atoms with E-state index in [2.05, 4.69) is 20.9 Å². The summed E-state index contributed by atoms with van der Waals surface area (Å²) < 4.78 is 5.80. The summed E-state index contributed by atoms with van der Waals surface area (Å²) in [5.41, 5.74) is -1.61. The molecule has 2 fully saturated rings. The van der Waals surface area contributed by atoms with Crippen molar-refractivity contribution in [1.29, 1.82) is 0 Å². The van der Waals surface area contributed by atoms with Gasteiger partial charge in [0, 0.05) is 57.2 Å². The fraction of sp³-hybridized carbons (Fsp3) is 0.567. The highest BCUT2D eigenvalue weighted by Crippen LogP contribution is 2.40. The van der Waals surface area contributed by atoms with E-state index in [0.717, 1.165) is 37.5 Å². The zero-order valence-corrected chi connectivity index (χ0v) is 26.5. The van der Waals surface area contributed by atoms with Gasteiger partial charge in [0.15, 0.2) is 11.1 Å². The summed E-state index contributed by atoms with van der Waals surface area (Å²) >= 11 is 12.6. The molecular weight excluding hydrogens is 597 g/mol. The van der Waals surface area contributed by atoms with Crippen molar-refractivity contribution < 1.29 is 29.3 Å². The van der Waals surface area contributed by atoms with Crippen LogP contribution in [0.5, 0.6) is 0 Å². The number of nitrogens with zero attached hydrogens (tertiary/aromatic N) is 2. The van der Waals surface area contributed by atoms with Crippen molar-refractivity contribution in [3.8, 4) is 0 Å². The average molecular weight is 639 g/mol. The summed E-state index contributed by atoms with van der Waals surface area (Å²) in [5, 5.41) is 30.6. The molecule has 0 saturated carbocycles. The van der Waals surface area contributed by atoms with Crippen molar-refractivity contribution in [2.75, 3.05) is 33.2 Å².